The van der Waals surface area contributed by atoms with Gasteiger partial charge in [0.05, 0.1) is 11.7 Å². The minimum Gasteiger partial charge on any atom is -0.350 e. The lowest BCUT2D eigenvalue weighted by Gasteiger charge is -2.30. The Morgan fingerprint density at radius 3 is 2.61 bits per heavy atom. The normalized spacial score (nSPS) is 18.3. The van der Waals surface area contributed by atoms with Gasteiger partial charge >= 0.3 is 0 Å². The van der Waals surface area contributed by atoms with E-state index in [1.165, 1.54) is 11.3 Å². The Hall–Kier alpha value is -2.39. The fourth-order valence-electron chi connectivity index (χ4n) is 3.53. The first-order valence-corrected chi connectivity index (χ1v) is 8.26. The van der Waals surface area contributed by atoms with Gasteiger partial charge in [0.15, 0.2) is 0 Å². The third kappa shape index (κ3) is 2.92. The van der Waals surface area contributed by atoms with Crippen molar-refractivity contribution < 1.29 is 0 Å². The number of hydrogen-bond acceptors (Lipinski definition) is 2. The van der Waals surface area contributed by atoms with Crippen LogP contribution in [0.4, 0.5) is 0 Å². The fourth-order valence-corrected chi connectivity index (χ4v) is 3.53. The first-order chi connectivity index (χ1) is 11.4. The molecule has 0 spiro atoms. The zero-order valence-corrected chi connectivity index (χ0v) is 13.2. The minimum absolute atomic E-state index is 0.288. The quantitative estimate of drug-likeness (QED) is 0.732. The number of pyridine rings is 1. The van der Waals surface area contributed by atoms with Crippen LogP contribution in [-0.2, 0) is 13.1 Å². The van der Waals surface area contributed by atoms with Crippen molar-refractivity contribution in [2.24, 2.45) is 0 Å². The SMILES string of the molecule is c1ccc(C2c3cccn3CCCN2Cc2ccccn2)cc1. The van der Waals surface area contributed by atoms with Gasteiger partial charge in [0.1, 0.15) is 0 Å². The first-order valence-electron chi connectivity index (χ1n) is 8.26. The van der Waals surface area contributed by atoms with Crippen molar-refractivity contribution >= 4 is 0 Å². The molecule has 1 unspecified atom stereocenters. The largest absolute Gasteiger partial charge is 0.350 e. The summed E-state index contributed by atoms with van der Waals surface area (Å²) in [7, 11) is 0. The van der Waals surface area contributed by atoms with Gasteiger partial charge in [0.25, 0.3) is 0 Å². The minimum atomic E-state index is 0.288. The Labute approximate surface area is 137 Å². The van der Waals surface area contributed by atoms with Gasteiger partial charge in [0.2, 0.25) is 0 Å². The standard InChI is InChI=1S/C20H21N3/c1-2-8-17(9-3-1)20-19-11-6-13-22(19)14-7-15-23(20)16-18-10-4-5-12-21-18/h1-6,8-13,20H,7,14-16H2. The van der Waals surface area contributed by atoms with Crippen molar-refractivity contribution in [3.63, 3.8) is 0 Å². The molecule has 1 atom stereocenters. The summed E-state index contributed by atoms with van der Waals surface area (Å²) in [5, 5.41) is 0. The van der Waals surface area contributed by atoms with E-state index in [-0.39, 0.29) is 6.04 Å². The van der Waals surface area contributed by atoms with Gasteiger partial charge in [-0.3, -0.25) is 9.88 Å². The molecule has 2 aromatic heterocycles. The number of nitrogens with zero attached hydrogens (tertiary/aromatic N) is 3. The van der Waals surface area contributed by atoms with Gasteiger partial charge in [-0.1, -0.05) is 36.4 Å². The molecule has 3 aromatic rings. The lowest BCUT2D eigenvalue weighted by atomic mass is 10.0. The molecule has 116 valence electrons. The van der Waals surface area contributed by atoms with E-state index in [2.05, 4.69) is 75.2 Å². The Morgan fingerprint density at radius 1 is 0.913 bits per heavy atom. The summed E-state index contributed by atoms with van der Waals surface area (Å²) >= 11 is 0. The van der Waals surface area contributed by atoms with Gasteiger partial charge in [-0.05, 0) is 36.2 Å². The topological polar surface area (TPSA) is 21.1 Å². The summed E-state index contributed by atoms with van der Waals surface area (Å²) in [6.45, 7) is 3.05. The van der Waals surface area contributed by atoms with Crippen LogP contribution < -0.4 is 0 Å². The van der Waals surface area contributed by atoms with Crippen molar-refractivity contribution in [3.05, 3.63) is 90.0 Å². The van der Waals surface area contributed by atoms with Gasteiger partial charge in [0, 0.05) is 37.7 Å². The molecule has 3 heterocycles. The molecule has 4 rings (SSSR count). The maximum atomic E-state index is 4.53. The van der Waals surface area contributed by atoms with Gasteiger partial charge < -0.3 is 4.57 Å². The Bertz CT molecular complexity index is 749. The van der Waals surface area contributed by atoms with E-state index in [9.17, 15) is 0 Å². The summed E-state index contributed by atoms with van der Waals surface area (Å²) < 4.78 is 2.40. The van der Waals surface area contributed by atoms with Crippen LogP contribution in [0.15, 0.2) is 73.1 Å². The van der Waals surface area contributed by atoms with E-state index < -0.39 is 0 Å². The van der Waals surface area contributed by atoms with E-state index in [0.717, 1.165) is 31.7 Å². The third-order valence-corrected chi connectivity index (χ3v) is 4.56. The van der Waals surface area contributed by atoms with Crippen LogP contribution in [0.2, 0.25) is 0 Å². The van der Waals surface area contributed by atoms with Crippen molar-refractivity contribution in [2.75, 3.05) is 6.54 Å². The van der Waals surface area contributed by atoms with E-state index in [0.29, 0.717) is 0 Å². The molecule has 1 aliphatic rings. The van der Waals surface area contributed by atoms with Crippen LogP contribution in [0.3, 0.4) is 0 Å². The molecule has 0 saturated carbocycles. The van der Waals surface area contributed by atoms with Crippen molar-refractivity contribution in [1.82, 2.24) is 14.5 Å². The second kappa shape index (κ2) is 6.39. The number of fused-ring (bicyclic) bond motifs is 1. The maximum Gasteiger partial charge on any atom is 0.0759 e. The molecule has 3 heteroatoms. The zero-order chi connectivity index (χ0) is 15.5. The van der Waals surface area contributed by atoms with Gasteiger partial charge in [-0.25, -0.2) is 0 Å². The lowest BCUT2D eigenvalue weighted by Crippen LogP contribution is -2.29. The second-order valence-electron chi connectivity index (χ2n) is 6.08. The summed E-state index contributed by atoms with van der Waals surface area (Å²) in [5.41, 5.74) is 3.86. The Morgan fingerprint density at radius 2 is 1.78 bits per heavy atom. The summed E-state index contributed by atoms with van der Waals surface area (Å²) in [5.74, 6) is 0. The molecule has 0 saturated heterocycles. The van der Waals surface area contributed by atoms with Gasteiger partial charge in [-0.2, -0.15) is 0 Å². The van der Waals surface area contributed by atoms with E-state index in [4.69, 9.17) is 0 Å². The van der Waals surface area contributed by atoms with Crippen molar-refractivity contribution in [1.29, 1.82) is 0 Å². The van der Waals surface area contributed by atoms with Crippen LogP contribution in [0.5, 0.6) is 0 Å². The Kier molecular flexibility index (Phi) is 3.95. The number of benzene rings is 1. The predicted molar refractivity (Wildman–Crippen MR) is 92.0 cm³/mol. The summed E-state index contributed by atoms with van der Waals surface area (Å²) in [6, 6.07) is 21.7. The average Bonchev–Trinajstić information content (AvgIpc) is 2.98. The monoisotopic (exact) mass is 303 g/mol. The van der Waals surface area contributed by atoms with Gasteiger partial charge in [-0.15, -0.1) is 0 Å². The molecule has 23 heavy (non-hydrogen) atoms. The summed E-state index contributed by atoms with van der Waals surface area (Å²) in [6.07, 6.45) is 5.25. The fraction of sp³-hybridized carbons (Fsp3) is 0.250. The summed E-state index contributed by atoms with van der Waals surface area (Å²) in [4.78, 5) is 7.08. The van der Waals surface area contributed by atoms with Crippen LogP contribution >= 0.6 is 0 Å². The maximum absolute atomic E-state index is 4.53. The van der Waals surface area contributed by atoms with E-state index >= 15 is 0 Å². The molecule has 0 N–H and O–H groups in total. The van der Waals surface area contributed by atoms with Crippen LogP contribution in [-0.4, -0.2) is 21.0 Å². The van der Waals surface area contributed by atoms with E-state index in [1.54, 1.807) is 0 Å². The lowest BCUT2D eigenvalue weighted by molar-refractivity contribution is 0.218. The highest BCUT2D eigenvalue weighted by molar-refractivity contribution is 5.29. The van der Waals surface area contributed by atoms with Crippen molar-refractivity contribution in [3.8, 4) is 0 Å². The number of hydrogen-bond donors (Lipinski definition) is 0. The number of aromatic nitrogens is 2. The third-order valence-electron chi connectivity index (χ3n) is 4.56. The van der Waals surface area contributed by atoms with Crippen molar-refractivity contribution in [2.45, 2.75) is 25.6 Å². The Balaban J connectivity index is 1.74. The van der Waals surface area contributed by atoms with Crippen LogP contribution in [0.25, 0.3) is 0 Å². The highest BCUT2D eigenvalue weighted by Gasteiger charge is 2.27. The molecular weight excluding hydrogens is 282 g/mol. The molecule has 0 fully saturated rings. The zero-order valence-electron chi connectivity index (χ0n) is 13.2. The molecular formula is C20H21N3. The van der Waals surface area contributed by atoms with Crippen LogP contribution in [0, 0.1) is 0 Å². The first kappa shape index (κ1) is 14.2. The molecule has 0 aliphatic carbocycles. The van der Waals surface area contributed by atoms with E-state index in [1.807, 2.05) is 12.3 Å². The number of aryl methyl sites for hydroxylation is 1. The molecule has 1 aromatic carbocycles. The van der Waals surface area contributed by atoms with Crippen LogP contribution in [0.1, 0.15) is 29.4 Å². The molecule has 0 bridgehead atoms. The molecule has 3 nitrogen and oxygen atoms in total. The highest BCUT2D eigenvalue weighted by Crippen LogP contribution is 2.32. The second-order valence-corrected chi connectivity index (χ2v) is 6.08. The highest BCUT2D eigenvalue weighted by atomic mass is 15.2. The molecule has 1 aliphatic heterocycles. The molecule has 0 amide bonds. The molecule has 0 radical (unpaired) electrons. The predicted octanol–water partition coefficient (Wildman–Crippen LogP) is 3.88. The number of rotatable bonds is 3. The average molecular weight is 303 g/mol. The smallest absolute Gasteiger partial charge is 0.0759 e.